The molecule has 6 nitrogen and oxygen atoms in total. The summed E-state index contributed by atoms with van der Waals surface area (Å²) in [4.78, 5) is 14.3. The van der Waals surface area contributed by atoms with Gasteiger partial charge < -0.3 is 9.64 Å². The maximum Gasteiger partial charge on any atom is 0.253 e. The first-order chi connectivity index (χ1) is 14.7. The number of halogens is 1. The van der Waals surface area contributed by atoms with Crippen molar-refractivity contribution in [3.63, 3.8) is 0 Å². The number of sulfonamides is 1. The van der Waals surface area contributed by atoms with Crippen LogP contribution in [0.2, 0.25) is 0 Å². The highest BCUT2D eigenvalue weighted by atomic mass is 32.2. The van der Waals surface area contributed by atoms with Crippen LogP contribution in [0.15, 0.2) is 53.4 Å². The molecule has 168 valence electrons. The van der Waals surface area contributed by atoms with Crippen LogP contribution in [0.3, 0.4) is 0 Å². The molecule has 2 atom stereocenters. The molecule has 0 bridgehead atoms. The molecule has 2 aromatic carbocycles. The monoisotopic (exact) mass is 448 g/mol. The van der Waals surface area contributed by atoms with Gasteiger partial charge in [0.05, 0.1) is 11.4 Å². The van der Waals surface area contributed by atoms with Crippen molar-refractivity contribution in [3.8, 4) is 5.75 Å². The minimum atomic E-state index is -3.59. The summed E-state index contributed by atoms with van der Waals surface area (Å²) < 4.78 is 46.5. The van der Waals surface area contributed by atoms with Crippen LogP contribution in [0, 0.1) is 17.7 Å². The summed E-state index contributed by atoms with van der Waals surface area (Å²) in [6.45, 7) is 5.55. The van der Waals surface area contributed by atoms with Gasteiger partial charge in [-0.2, -0.15) is 4.31 Å². The molecule has 3 rings (SSSR count). The van der Waals surface area contributed by atoms with Crippen LogP contribution in [0.25, 0.3) is 0 Å². The van der Waals surface area contributed by atoms with E-state index in [4.69, 9.17) is 4.74 Å². The molecule has 0 saturated carbocycles. The average molecular weight is 449 g/mol. The zero-order chi connectivity index (χ0) is 22.6. The van der Waals surface area contributed by atoms with Crippen LogP contribution in [-0.2, 0) is 10.0 Å². The molecule has 0 radical (unpaired) electrons. The van der Waals surface area contributed by atoms with Gasteiger partial charge in [0.25, 0.3) is 5.91 Å². The quantitative estimate of drug-likeness (QED) is 0.649. The van der Waals surface area contributed by atoms with E-state index >= 15 is 0 Å². The number of benzene rings is 2. The van der Waals surface area contributed by atoms with Gasteiger partial charge >= 0.3 is 0 Å². The van der Waals surface area contributed by atoms with E-state index in [2.05, 4.69) is 13.8 Å². The van der Waals surface area contributed by atoms with E-state index in [0.717, 1.165) is 6.42 Å². The van der Waals surface area contributed by atoms with Gasteiger partial charge in [0, 0.05) is 25.7 Å². The van der Waals surface area contributed by atoms with Crippen molar-refractivity contribution in [1.29, 1.82) is 0 Å². The lowest BCUT2D eigenvalue weighted by molar-refractivity contribution is 0.0773. The maximum atomic E-state index is 13.6. The Morgan fingerprint density at radius 1 is 1.10 bits per heavy atom. The Kier molecular flexibility index (Phi) is 7.33. The predicted octanol–water partition coefficient (Wildman–Crippen LogP) is 3.64. The van der Waals surface area contributed by atoms with Crippen LogP contribution in [-0.4, -0.2) is 56.8 Å². The Labute approximate surface area is 183 Å². The molecule has 8 heteroatoms. The van der Waals surface area contributed by atoms with Crippen LogP contribution >= 0.6 is 0 Å². The summed E-state index contributed by atoms with van der Waals surface area (Å²) in [5, 5.41) is 0. The van der Waals surface area contributed by atoms with Crippen molar-refractivity contribution in [1.82, 2.24) is 9.21 Å². The van der Waals surface area contributed by atoms with E-state index in [0.29, 0.717) is 30.5 Å². The van der Waals surface area contributed by atoms with E-state index in [9.17, 15) is 17.6 Å². The maximum absolute atomic E-state index is 13.6. The number of hydrogen-bond acceptors (Lipinski definition) is 4. The van der Waals surface area contributed by atoms with E-state index in [1.54, 1.807) is 19.2 Å². The fraction of sp³-hybridized carbons (Fsp3) is 0.435. The standard InChI is InChI=1S/C23H29FN2O4S/c1-17-14-18(2)16-26(15-17)31(28,29)20-10-8-19(9-11-20)23(27)25(3)12-13-30-22-7-5-4-6-21(22)24/h4-11,17-18H,12-16H2,1-3H3. The van der Waals surface area contributed by atoms with Crippen molar-refractivity contribution in [3.05, 3.63) is 59.9 Å². The largest absolute Gasteiger partial charge is 0.489 e. The Bertz CT molecular complexity index is 1000. The van der Waals surface area contributed by atoms with Crippen LogP contribution < -0.4 is 4.74 Å². The van der Waals surface area contributed by atoms with Crippen molar-refractivity contribution in [2.45, 2.75) is 25.2 Å². The zero-order valence-corrected chi connectivity index (χ0v) is 18.9. The van der Waals surface area contributed by atoms with Gasteiger partial charge in [-0.3, -0.25) is 4.79 Å². The highest BCUT2D eigenvalue weighted by molar-refractivity contribution is 7.89. The van der Waals surface area contributed by atoms with E-state index in [1.807, 2.05) is 0 Å². The van der Waals surface area contributed by atoms with Gasteiger partial charge in [0.1, 0.15) is 6.61 Å². The summed E-state index contributed by atoms with van der Waals surface area (Å²) >= 11 is 0. The van der Waals surface area contributed by atoms with E-state index in [-0.39, 0.29) is 29.7 Å². The van der Waals surface area contributed by atoms with Crippen molar-refractivity contribution in [2.24, 2.45) is 11.8 Å². The molecular weight excluding hydrogens is 419 g/mol. The van der Waals surface area contributed by atoms with Gasteiger partial charge in [-0.25, -0.2) is 12.8 Å². The third-order valence-electron chi connectivity index (χ3n) is 5.44. The SMILES string of the molecule is CC1CC(C)CN(S(=O)(=O)c2ccc(C(=O)N(C)CCOc3ccccc3F)cc2)C1. The van der Waals surface area contributed by atoms with Gasteiger partial charge in [-0.05, 0) is 54.7 Å². The molecule has 0 aliphatic carbocycles. The second kappa shape index (κ2) is 9.78. The third kappa shape index (κ3) is 5.62. The Morgan fingerprint density at radius 2 is 1.71 bits per heavy atom. The van der Waals surface area contributed by atoms with Gasteiger partial charge in [-0.1, -0.05) is 26.0 Å². The molecule has 0 N–H and O–H groups in total. The lowest BCUT2D eigenvalue weighted by Gasteiger charge is -2.34. The molecule has 1 aliphatic rings. The number of hydrogen-bond donors (Lipinski definition) is 0. The number of ether oxygens (including phenoxy) is 1. The number of amides is 1. The van der Waals surface area contributed by atoms with Crippen LogP contribution in [0.4, 0.5) is 4.39 Å². The number of carbonyl (C=O) groups is 1. The summed E-state index contributed by atoms with van der Waals surface area (Å²) in [7, 11) is -1.97. The smallest absolute Gasteiger partial charge is 0.253 e. The number of carbonyl (C=O) groups excluding carboxylic acids is 1. The van der Waals surface area contributed by atoms with Crippen molar-refractivity contribution in [2.75, 3.05) is 33.3 Å². The molecule has 1 saturated heterocycles. The molecule has 2 aromatic rings. The molecule has 31 heavy (non-hydrogen) atoms. The van der Waals surface area contributed by atoms with Crippen LogP contribution in [0.5, 0.6) is 5.75 Å². The summed E-state index contributed by atoms with van der Waals surface area (Å²) in [5.41, 5.74) is 0.382. The van der Waals surface area contributed by atoms with Crippen molar-refractivity contribution < 1.29 is 22.3 Å². The number of piperidine rings is 1. The Hall–Kier alpha value is -2.45. The first kappa shape index (κ1) is 23.2. The topological polar surface area (TPSA) is 66.9 Å². The van der Waals surface area contributed by atoms with E-state index in [1.165, 1.54) is 45.6 Å². The van der Waals surface area contributed by atoms with Crippen molar-refractivity contribution >= 4 is 15.9 Å². The fourth-order valence-corrected chi connectivity index (χ4v) is 5.58. The third-order valence-corrected chi connectivity index (χ3v) is 7.29. The number of para-hydroxylation sites is 1. The Balaban J connectivity index is 1.61. The highest BCUT2D eigenvalue weighted by Gasteiger charge is 2.31. The molecule has 1 aliphatic heterocycles. The summed E-state index contributed by atoms with van der Waals surface area (Å²) in [6.07, 6.45) is 1.02. The lowest BCUT2D eigenvalue weighted by atomic mass is 9.94. The molecule has 1 fully saturated rings. The normalized spacial score (nSPS) is 19.7. The minimum Gasteiger partial charge on any atom is -0.489 e. The first-order valence-corrected chi connectivity index (χ1v) is 11.9. The number of rotatable bonds is 7. The molecule has 0 aromatic heterocycles. The lowest BCUT2D eigenvalue weighted by Crippen LogP contribution is -2.42. The van der Waals surface area contributed by atoms with Gasteiger partial charge in [-0.15, -0.1) is 0 Å². The van der Waals surface area contributed by atoms with Gasteiger partial charge in [0.2, 0.25) is 10.0 Å². The second-order valence-electron chi connectivity index (χ2n) is 8.30. The molecule has 1 amide bonds. The molecular formula is C23H29FN2O4S. The van der Waals surface area contributed by atoms with Crippen LogP contribution in [0.1, 0.15) is 30.6 Å². The molecule has 0 spiro atoms. The fourth-order valence-electron chi connectivity index (χ4n) is 3.90. The first-order valence-electron chi connectivity index (χ1n) is 10.4. The summed E-state index contributed by atoms with van der Waals surface area (Å²) in [5.74, 6) is 0.0607. The summed E-state index contributed by atoms with van der Waals surface area (Å²) in [6, 6.07) is 12.1. The highest BCUT2D eigenvalue weighted by Crippen LogP contribution is 2.27. The predicted molar refractivity (Wildman–Crippen MR) is 117 cm³/mol. The van der Waals surface area contributed by atoms with Gasteiger partial charge in [0.15, 0.2) is 11.6 Å². The zero-order valence-electron chi connectivity index (χ0n) is 18.1. The Morgan fingerprint density at radius 3 is 2.32 bits per heavy atom. The molecule has 2 unspecified atom stereocenters. The minimum absolute atomic E-state index is 0.138. The molecule has 1 heterocycles. The van der Waals surface area contributed by atoms with E-state index < -0.39 is 15.8 Å². The number of likely N-dealkylation sites (N-methyl/N-ethyl adjacent to an activating group) is 1. The average Bonchev–Trinajstić information content (AvgIpc) is 2.74. The second-order valence-corrected chi connectivity index (χ2v) is 10.2. The number of nitrogens with zero attached hydrogens (tertiary/aromatic N) is 2.